The van der Waals surface area contributed by atoms with Crippen LogP contribution in [0.1, 0.15) is 0 Å². The molecule has 2 aromatic rings. The van der Waals surface area contributed by atoms with E-state index in [0.717, 1.165) is 9.09 Å². The van der Waals surface area contributed by atoms with Crippen molar-refractivity contribution in [2.75, 3.05) is 7.11 Å². The number of ether oxygens (including phenoxy) is 1. The molecular formula is C7H6IN3O. The lowest BCUT2D eigenvalue weighted by molar-refractivity contribution is 0.399. The van der Waals surface area contributed by atoms with E-state index in [1.807, 2.05) is 12.1 Å². The monoisotopic (exact) mass is 275 g/mol. The Kier molecular flexibility index (Phi) is 1.87. The lowest BCUT2D eigenvalue weighted by Gasteiger charge is -1.95. The maximum Gasteiger partial charge on any atom is 0.215 e. The van der Waals surface area contributed by atoms with Crippen LogP contribution in [0.15, 0.2) is 12.1 Å². The van der Waals surface area contributed by atoms with Gasteiger partial charge in [0.2, 0.25) is 5.88 Å². The third-order valence-electron chi connectivity index (χ3n) is 1.56. The number of hydrogen-bond acceptors (Lipinski definition) is 3. The zero-order valence-electron chi connectivity index (χ0n) is 6.34. The number of hydrogen-bond donors (Lipinski definition) is 1. The van der Waals surface area contributed by atoms with Crippen LogP contribution in [-0.4, -0.2) is 22.3 Å². The summed E-state index contributed by atoms with van der Waals surface area (Å²) in [7, 11) is 1.59. The number of aromatic nitrogens is 3. The lowest BCUT2D eigenvalue weighted by atomic mass is 10.3. The first-order valence-electron chi connectivity index (χ1n) is 3.36. The van der Waals surface area contributed by atoms with Crippen LogP contribution >= 0.6 is 22.6 Å². The molecule has 0 saturated heterocycles. The Morgan fingerprint density at radius 3 is 3.08 bits per heavy atom. The van der Waals surface area contributed by atoms with Crippen LogP contribution in [0.3, 0.4) is 0 Å². The number of H-pyrrole nitrogens is 1. The SMILES string of the molecule is COc1ccc2c(I)[nH]nc2n1. The normalized spacial score (nSPS) is 10.5. The highest BCUT2D eigenvalue weighted by Gasteiger charge is 2.03. The molecule has 0 bridgehead atoms. The number of nitrogens with zero attached hydrogens (tertiary/aromatic N) is 2. The molecule has 0 aromatic carbocycles. The summed E-state index contributed by atoms with van der Waals surface area (Å²) in [6.45, 7) is 0. The average molecular weight is 275 g/mol. The highest BCUT2D eigenvalue weighted by atomic mass is 127. The van der Waals surface area contributed by atoms with Crippen molar-refractivity contribution in [1.29, 1.82) is 0 Å². The number of fused-ring (bicyclic) bond motifs is 1. The van der Waals surface area contributed by atoms with E-state index in [1.165, 1.54) is 0 Å². The van der Waals surface area contributed by atoms with Gasteiger partial charge in [0.1, 0.15) is 3.70 Å². The second-order valence-electron chi connectivity index (χ2n) is 2.26. The predicted molar refractivity (Wildman–Crippen MR) is 53.2 cm³/mol. The number of aromatic amines is 1. The van der Waals surface area contributed by atoms with Crippen LogP contribution in [0.5, 0.6) is 5.88 Å². The zero-order chi connectivity index (χ0) is 8.55. The lowest BCUT2D eigenvalue weighted by Crippen LogP contribution is -1.86. The fourth-order valence-electron chi connectivity index (χ4n) is 0.964. The summed E-state index contributed by atoms with van der Waals surface area (Å²) in [5.74, 6) is 0.588. The molecule has 1 N–H and O–H groups in total. The van der Waals surface area contributed by atoms with Crippen molar-refractivity contribution in [2.45, 2.75) is 0 Å². The van der Waals surface area contributed by atoms with Crippen molar-refractivity contribution in [3.8, 4) is 5.88 Å². The molecule has 0 spiro atoms. The molecule has 0 radical (unpaired) electrons. The summed E-state index contributed by atoms with van der Waals surface area (Å²) in [5.41, 5.74) is 0.693. The van der Waals surface area contributed by atoms with E-state index in [-0.39, 0.29) is 0 Å². The summed E-state index contributed by atoms with van der Waals surface area (Å²) in [5, 5.41) is 7.87. The molecule has 5 heteroatoms. The van der Waals surface area contributed by atoms with Gasteiger partial charge in [-0.05, 0) is 28.7 Å². The first-order chi connectivity index (χ1) is 5.81. The molecule has 12 heavy (non-hydrogen) atoms. The minimum absolute atomic E-state index is 0.588. The van der Waals surface area contributed by atoms with E-state index in [0.29, 0.717) is 11.5 Å². The van der Waals surface area contributed by atoms with Crippen LogP contribution in [0.4, 0.5) is 0 Å². The molecule has 0 aliphatic heterocycles. The first kappa shape index (κ1) is 7.78. The van der Waals surface area contributed by atoms with Crippen LogP contribution in [0, 0.1) is 3.70 Å². The molecule has 0 aliphatic rings. The standard InChI is InChI=1S/C7H6IN3O/c1-12-5-3-2-4-6(8)10-11-7(4)9-5/h2-3H,1H3,(H,9,10,11). The molecule has 0 fully saturated rings. The molecule has 2 rings (SSSR count). The topological polar surface area (TPSA) is 50.8 Å². The van der Waals surface area contributed by atoms with E-state index < -0.39 is 0 Å². The molecule has 4 nitrogen and oxygen atoms in total. The fraction of sp³-hybridized carbons (Fsp3) is 0.143. The van der Waals surface area contributed by atoms with Crippen LogP contribution in [0.2, 0.25) is 0 Å². The number of pyridine rings is 1. The van der Waals surface area contributed by atoms with Gasteiger partial charge in [0.05, 0.1) is 12.5 Å². The van der Waals surface area contributed by atoms with E-state index >= 15 is 0 Å². The highest BCUT2D eigenvalue weighted by molar-refractivity contribution is 14.1. The molecule has 0 atom stereocenters. The van der Waals surface area contributed by atoms with Gasteiger partial charge in [-0.25, -0.2) is 0 Å². The van der Waals surface area contributed by atoms with Gasteiger partial charge in [0.15, 0.2) is 5.65 Å². The Balaban J connectivity index is 2.69. The summed E-state index contributed by atoms with van der Waals surface area (Å²) in [4.78, 5) is 4.15. The average Bonchev–Trinajstić information content (AvgIpc) is 2.47. The quantitative estimate of drug-likeness (QED) is 0.804. The Morgan fingerprint density at radius 2 is 2.33 bits per heavy atom. The van der Waals surface area contributed by atoms with Crippen molar-refractivity contribution < 1.29 is 4.74 Å². The fourth-order valence-corrected chi connectivity index (χ4v) is 1.51. The minimum atomic E-state index is 0.588. The molecule has 0 aliphatic carbocycles. The Bertz CT molecular complexity index is 412. The molecule has 62 valence electrons. The van der Waals surface area contributed by atoms with Gasteiger partial charge < -0.3 is 4.74 Å². The minimum Gasteiger partial charge on any atom is -0.481 e. The molecule has 0 amide bonds. The Hall–Kier alpha value is -0.850. The van der Waals surface area contributed by atoms with Crippen molar-refractivity contribution >= 4 is 33.6 Å². The van der Waals surface area contributed by atoms with Gasteiger partial charge in [0, 0.05) is 6.07 Å². The first-order valence-corrected chi connectivity index (χ1v) is 4.44. The van der Waals surface area contributed by atoms with Gasteiger partial charge in [-0.2, -0.15) is 10.1 Å². The third-order valence-corrected chi connectivity index (χ3v) is 2.38. The molecule has 2 heterocycles. The van der Waals surface area contributed by atoms with Crippen molar-refractivity contribution in [3.63, 3.8) is 0 Å². The Labute approximate surface area is 82.5 Å². The van der Waals surface area contributed by atoms with Gasteiger partial charge in [-0.15, -0.1) is 0 Å². The number of nitrogens with one attached hydrogen (secondary N) is 1. The van der Waals surface area contributed by atoms with Crippen molar-refractivity contribution in [2.24, 2.45) is 0 Å². The van der Waals surface area contributed by atoms with Gasteiger partial charge in [0.25, 0.3) is 0 Å². The molecule has 0 unspecified atom stereocenters. The Morgan fingerprint density at radius 1 is 1.50 bits per heavy atom. The highest BCUT2D eigenvalue weighted by Crippen LogP contribution is 2.18. The van der Waals surface area contributed by atoms with E-state index in [1.54, 1.807) is 7.11 Å². The molecule has 2 aromatic heterocycles. The van der Waals surface area contributed by atoms with E-state index in [4.69, 9.17) is 4.74 Å². The predicted octanol–water partition coefficient (Wildman–Crippen LogP) is 1.57. The zero-order valence-corrected chi connectivity index (χ0v) is 8.49. The third kappa shape index (κ3) is 1.13. The van der Waals surface area contributed by atoms with Crippen LogP contribution in [0.25, 0.3) is 11.0 Å². The van der Waals surface area contributed by atoms with Gasteiger partial charge >= 0.3 is 0 Å². The van der Waals surface area contributed by atoms with Gasteiger partial charge in [-0.3, -0.25) is 5.10 Å². The number of rotatable bonds is 1. The largest absolute Gasteiger partial charge is 0.481 e. The van der Waals surface area contributed by atoms with Crippen LogP contribution < -0.4 is 4.74 Å². The van der Waals surface area contributed by atoms with E-state index in [9.17, 15) is 0 Å². The number of methoxy groups -OCH3 is 1. The summed E-state index contributed by atoms with van der Waals surface area (Å²) in [6, 6.07) is 3.76. The summed E-state index contributed by atoms with van der Waals surface area (Å²) >= 11 is 2.18. The second kappa shape index (κ2) is 2.89. The van der Waals surface area contributed by atoms with Crippen molar-refractivity contribution in [1.82, 2.24) is 15.2 Å². The second-order valence-corrected chi connectivity index (χ2v) is 3.34. The smallest absolute Gasteiger partial charge is 0.215 e. The van der Waals surface area contributed by atoms with E-state index in [2.05, 4.69) is 37.8 Å². The summed E-state index contributed by atoms with van der Waals surface area (Å²) < 4.78 is 5.96. The summed E-state index contributed by atoms with van der Waals surface area (Å²) in [6.07, 6.45) is 0. The maximum atomic E-state index is 4.96. The molecule has 0 saturated carbocycles. The van der Waals surface area contributed by atoms with Gasteiger partial charge in [-0.1, -0.05) is 0 Å². The molecular weight excluding hydrogens is 269 g/mol. The maximum absolute atomic E-state index is 4.96. The van der Waals surface area contributed by atoms with Crippen molar-refractivity contribution in [3.05, 3.63) is 15.8 Å². The van der Waals surface area contributed by atoms with Crippen LogP contribution in [-0.2, 0) is 0 Å². The number of halogens is 1.